The number of nitrogens with two attached hydrogens (primary N) is 1. The summed E-state index contributed by atoms with van der Waals surface area (Å²) in [6, 6.07) is 2.16. The molecule has 2 rings (SSSR count). The van der Waals surface area contributed by atoms with Gasteiger partial charge in [-0.25, -0.2) is 0 Å². The summed E-state index contributed by atoms with van der Waals surface area (Å²) in [6.45, 7) is 6.39. The molecule has 0 saturated carbocycles. The lowest BCUT2D eigenvalue weighted by Gasteiger charge is -1.99. The average molecular weight is 194 g/mol. The lowest BCUT2D eigenvalue weighted by molar-refractivity contribution is 0.993. The lowest BCUT2D eigenvalue weighted by Crippen LogP contribution is -1.97. The van der Waals surface area contributed by atoms with Gasteiger partial charge in [0.25, 0.3) is 0 Å². The van der Waals surface area contributed by atoms with Crippen molar-refractivity contribution in [3.05, 3.63) is 22.2 Å². The minimum Gasteiger partial charge on any atom is -0.385 e. The van der Waals surface area contributed by atoms with Crippen LogP contribution >= 0.6 is 11.3 Å². The highest BCUT2D eigenvalue weighted by molar-refractivity contribution is 7.17. The number of rotatable bonds is 1. The second-order valence-electron chi connectivity index (χ2n) is 3.34. The summed E-state index contributed by atoms with van der Waals surface area (Å²) in [4.78, 5) is 2.65. The number of nitrogens with zero attached hydrogens (tertiary/aromatic N) is 1. The number of hydrogen-bond donors (Lipinski definition) is 1. The van der Waals surface area contributed by atoms with Gasteiger partial charge in [-0.2, -0.15) is 0 Å². The third-order valence-corrected chi connectivity index (χ3v) is 3.53. The Morgan fingerprint density at radius 1 is 1.46 bits per heavy atom. The largest absolute Gasteiger partial charge is 0.385 e. The number of thiazole rings is 1. The summed E-state index contributed by atoms with van der Waals surface area (Å²) in [5.41, 5.74) is 8.53. The van der Waals surface area contributed by atoms with Gasteiger partial charge in [0.15, 0.2) is 0 Å². The van der Waals surface area contributed by atoms with Crippen LogP contribution in [0, 0.1) is 13.8 Å². The number of nitrogen functional groups attached to an aromatic ring is 1. The van der Waals surface area contributed by atoms with Crippen LogP contribution in [0.15, 0.2) is 6.07 Å². The highest BCUT2D eigenvalue weighted by Gasteiger charge is 2.11. The van der Waals surface area contributed by atoms with Crippen LogP contribution in [0.2, 0.25) is 0 Å². The van der Waals surface area contributed by atoms with Crippen molar-refractivity contribution >= 4 is 22.0 Å². The normalized spacial score (nSPS) is 11.3. The van der Waals surface area contributed by atoms with Gasteiger partial charge in [0.05, 0.1) is 0 Å². The SMILES string of the molecule is CCc1c(C)sc2cc(C)c(N)n12. The number of anilines is 1. The molecule has 0 radical (unpaired) electrons. The molecule has 2 aromatic heterocycles. The Labute approximate surface area is 82.0 Å². The maximum absolute atomic E-state index is 6.00. The molecule has 0 aromatic carbocycles. The van der Waals surface area contributed by atoms with Gasteiger partial charge in [-0.05, 0) is 31.9 Å². The zero-order chi connectivity index (χ0) is 9.59. The molecular weight excluding hydrogens is 180 g/mol. The van der Waals surface area contributed by atoms with Crippen LogP contribution < -0.4 is 5.73 Å². The molecule has 2 N–H and O–H groups in total. The maximum atomic E-state index is 6.00. The first-order chi connectivity index (χ1) is 6.15. The van der Waals surface area contributed by atoms with Gasteiger partial charge >= 0.3 is 0 Å². The predicted octanol–water partition coefficient (Wildman–Crippen LogP) is 2.76. The molecular formula is C10H14N2S. The van der Waals surface area contributed by atoms with Crippen LogP contribution in [0.25, 0.3) is 4.83 Å². The number of aromatic nitrogens is 1. The van der Waals surface area contributed by atoms with Crippen LogP contribution in [0.1, 0.15) is 23.1 Å². The molecule has 0 saturated heterocycles. The fourth-order valence-corrected chi connectivity index (χ4v) is 2.96. The summed E-state index contributed by atoms with van der Waals surface area (Å²) in [7, 11) is 0. The van der Waals surface area contributed by atoms with Gasteiger partial charge in [-0.1, -0.05) is 6.92 Å². The van der Waals surface area contributed by atoms with Crippen molar-refractivity contribution < 1.29 is 0 Å². The zero-order valence-electron chi connectivity index (χ0n) is 8.22. The fourth-order valence-electron chi connectivity index (χ4n) is 1.75. The van der Waals surface area contributed by atoms with Crippen molar-refractivity contribution in [2.45, 2.75) is 27.2 Å². The van der Waals surface area contributed by atoms with Crippen LogP contribution in [0.5, 0.6) is 0 Å². The summed E-state index contributed by atoms with van der Waals surface area (Å²) >= 11 is 1.82. The molecule has 2 heterocycles. The standard InChI is InChI=1S/C10H14N2S/c1-4-8-7(3)13-9-5-6(2)10(11)12(8)9/h5H,4,11H2,1-3H3. The third-order valence-electron chi connectivity index (χ3n) is 2.47. The van der Waals surface area contributed by atoms with Crippen molar-refractivity contribution in [1.82, 2.24) is 4.40 Å². The highest BCUT2D eigenvalue weighted by Crippen LogP contribution is 2.29. The van der Waals surface area contributed by atoms with Crippen molar-refractivity contribution in [1.29, 1.82) is 0 Å². The first-order valence-corrected chi connectivity index (χ1v) is 5.32. The first kappa shape index (κ1) is 8.63. The second kappa shape index (κ2) is 2.77. The van der Waals surface area contributed by atoms with E-state index in [0.717, 1.165) is 12.2 Å². The van der Waals surface area contributed by atoms with E-state index >= 15 is 0 Å². The van der Waals surface area contributed by atoms with Gasteiger partial charge in [-0.15, -0.1) is 11.3 Å². The lowest BCUT2D eigenvalue weighted by atomic mass is 10.3. The molecule has 0 spiro atoms. The van der Waals surface area contributed by atoms with E-state index < -0.39 is 0 Å². The molecule has 0 bridgehead atoms. The van der Waals surface area contributed by atoms with E-state index in [2.05, 4.69) is 31.2 Å². The molecule has 0 atom stereocenters. The minimum absolute atomic E-state index is 0.899. The molecule has 0 fully saturated rings. The molecule has 2 nitrogen and oxygen atoms in total. The Kier molecular flexibility index (Phi) is 1.84. The highest BCUT2D eigenvalue weighted by atomic mass is 32.1. The summed E-state index contributed by atoms with van der Waals surface area (Å²) < 4.78 is 2.18. The smallest absolute Gasteiger partial charge is 0.111 e. The number of hydrogen-bond acceptors (Lipinski definition) is 2. The van der Waals surface area contributed by atoms with Gasteiger partial charge in [0, 0.05) is 10.6 Å². The zero-order valence-corrected chi connectivity index (χ0v) is 9.03. The van der Waals surface area contributed by atoms with E-state index in [4.69, 9.17) is 5.73 Å². The molecule has 0 aliphatic carbocycles. The topological polar surface area (TPSA) is 30.4 Å². The average Bonchev–Trinajstić information content (AvgIpc) is 2.51. The van der Waals surface area contributed by atoms with Gasteiger partial charge in [0.2, 0.25) is 0 Å². The quantitative estimate of drug-likeness (QED) is 0.743. The molecule has 0 aliphatic rings. The maximum Gasteiger partial charge on any atom is 0.111 e. The second-order valence-corrected chi connectivity index (χ2v) is 4.58. The van der Waals surface area contributed by atoms with Crippen LogP contribution in [0.3, 0.4) is 0 Å². The van der Waals surface area contributed by atoms with Crippen molar-refractivity contribution in [2.24, 2.45) is 0 Å². The Balaban J connectivity index is 2.86. The summed E-state index contributed by atoms with van der Waals surface area (Å²) in [5, 5.41) is 0. The summed E-state index contributed by atoms with van der Waals surface area (Å²) in [5.74, 6) is 0.899. The Morgan fingerprint density at radius 2 is 2.15 bits per heavy atom. The van der Waals surface area contributed by atoms with Crippen LogP contribution in [0.4, 0.5) is 5.82 Å². The van der Waals surface area contributed by atoms with E-state index in [1.54, 1.807) is 0 Å². The molecule has 2 aromatic rings. The van der Waals surface area contributed by atoms with E-state index in [1.165, 1.54) is 21.0 Å². The Bertz CT molecular complexity index is 451. The number of fused-ring (bicyclic) bond motifs is 1. The number of aryl methyl sites for hydroxylation is 3. The van der Waals surface area contributed by atoms with Crippen molar-refractivity contribution in [3.63, 3.8) is 0 Å². The molecule has 0 aliphatic heterocycles. The summed E-state index contributed by atoms with van der Waals surface area (Å²) in [6.07, 6.45) is 1.05. The van der Waals surface area contributed by atoms with E-state index in [9.17, 15) is 0 Å². The predicted molar refractivity (Wildman–Crippen MR) is 58.5 cm³/mol. The molecule has 3 heteroatoms. The Hall–Kier alpha value is -0.960. The van der Waals surface area contributed by atoms with Gasteiger partial charge in [0.1, 0.15) is 10.6 Å². The first-order valence-electron chi connectivity index (χ1n) is 4.51. The Morgan fingerprint density at radius 3 is 2.77 bits per heavy atom. The molecule has 13 heavy (non-hydrogen) atoms. The molecule has 70 valence electrons. The third kappa shape index (κ3) is 1.07. The van der Waals surface area contributed by atoms with E-state index in [1.807, 2.05) is 11.3 Å². The van der Waals surface area contributed by atoms with E-state index in [-0.39, 0.29) is 0 Å². The van der Waals surface area contributed by atoms with Crippen LogP contribution in [-0.2, 0) is 6.42 Å². The van der Waals surface area contributed by atoms with Crippen molar-refractivity contribution in [3.8, 4) is 0 Å². The monoisotopic (exact) mass is 194 g/mol. The fraction of sp³-hybridized carbons (Fsp3) is 0.400. The van der Waals surface area contributed by atoms with Crippen LogP contribution in [-0.4, -0.2) is 4.40 Å². The van der Waals surface area contributed by atoms with Gasteiger partial charge < -0.3 is 5.73 Å². The van der Waals surface area contributed by atoms with E-state index in [0.29, 0.717) is 0 Å². The van der Waals surface area contributed by atoms with Gasteiger partial charge in [-0.3, -0.25) is 4.40 Å². The minimum atomic E-state index is 0.899. The molecule has 0 unspecified atom stereocenters. The van der Waals surface area contributed by atoms with Crippen molar-refractivity contribution in [2.75, 3.05) is 5.73 Å². The molecule has 0 amide bonds.